The molecule has 1 aromatic carbocycles. The summed E-state index contributed by atoms with van der Waals surface area (Å²) in [6.07, 6.45) is 0. The van der Waals surface area contributed by atoms with Crippen LogP contribution in [0.5, 0.6) is 11.5 Å². The maximum absolute atomic E-state index is 13.4. The third kappa shape index (κ3) is 3.30. The SMILES string of the molecule is Cc1cc(F)cc(C)c1Oc1c(Br)sc(C(C)(C)O)c1C. The minimum absolute atomic E-state index is 0.268. The summed E-state index contributed by atoms with van der Waals surface area (Å²) in [7, 11) is 0. The highest BCUT2D eigenvalue weighted by Crippen LogP contribution is 2.46. The Morgan fingerprint density at radius 1 is 1.14 bits per heavy atom. The zero-order valence-electron chi connectivity index (χ0n) is 12.7. The van der Waals surface area contributed by atoms with Crippen LogP contribution in [0.1, 0.15) is 35.4 Å². The zero-order valence-corrected chi connectivity index (χ0v) is 15.1. The summed E-state index contributed by atoms with van der Waals surface area (Å²) in [5, 5.41) is 10.2. The molecule has 2 aromatic rings. The summed E-state index contributed by atoms with van der Waals surface area (Å²) in [5.74, 6) is 1.06. The molecule has 0 aliphatic heterocycles. The van der Waals surface area contributed by atoms with Crippen molar-refractivity contribution >= 4 is 27.3 Å². The average molecular weight is 373 g/mol. The number of rotatable bonds is 3. The molecule has 1 aromatic heterocycles. The van der Waals surface area contributed by atoms with Crippen LogP contribution in [0.25, 0.3) is 0 Å². The molecule has 0 bridgehead atoms. The van der Waals surface area contributed by atoms with Crippen molar-refractivity contribution in [2.45, 2.75) is 40.2 Å². The highest BCUT2D eigenvalue weighted by atomic mass is 79.9. The van der Waals surface area contributed by atoms with Crippen LogP contribution in [0.2, 0.25) is 0 Å². The molecule has 1 heterocycles. The number of hydrogen-bond acceptors (Lipinski definition) is 3. The predicted octanol–water partition coefficient (Wildman–Crippen LogP) is 5.59. The molecule has 0 radical (unpaired) electrons. The summed E-state index contributed by atoms with van der Waals surface area (Å²) < 4.78 is 20.2. The molecular weight excluding hydrogens is 355 g/mol. The van der Waals surface area contributed by atoms with Crippen molar-refractivity contribution in [2.75, 3.05) is 0 Å². The second kappa shape index (κ2) is 5.71. The van der Waals surface area contributed by atoms with E-state index >= 15 is 0 Å². The minimum atomic E-state index is -0.925. The van der Waals surface area contributed by atoms with E-state index in [1.165, 1.54) is 23.5 Å². The Morgan fingerprint density at radius 3 is 2.10 bits per heavy atom. The minimum Gasteiger partial charge on any atom is -0.454 e. The van der Waals surface area contributed by atoms with Gasteiger partial charge in [0, 0.05) is 10.4 Å². The Bertz CT molecular complexity index is 663. The lowest BCUT2D eigenvalue weighted by Gasteiger charge is -2.17. The van der Waals surface area contributed by atoms with E-state index in [4.69, 9.17) is 4.74 Å². The van der Waals surface area contributed by atoms with Crippen molar-refractivity contribution in [3.05, 3.63) is 43.3 Å². The van der Waals surface area contributed by atoms with Gasteiger partial charge in [0.15, 0.2) is 5.75 Å². The summed E-state index contributed by atoms with van der Waals surface area (Å²) in [6.45, 7) is 9.04. The van der Waals surface area contributed by atoms with Crippen molar-refractivity contribution in [1.29, 1.82) is 0 Å². The first-order valence-electron chi connectivity index (χ1n) is 6.57. The van der Waals surface area contributed by atoms with Crippen molar-refractivity contribution < 1.29 is 14.2 Å². The molecule has 0 saturated carbocycles. The standard InChI is InChI=1S/C16H18BrFO2S/c1-8-6-11(18)7-9(2)12(8)20-13-10(3)14(16(4,5)19)21-15(13)17/h6-7,19H,1-5H3. The van der Waals surface area contributed by atoms with Crippen LogP contribution >= 0.6 is 27.3 Å². The van der Waals surface area contributed by atoms with Crippen molar-refractivity contribution in [3.63, 3.8) is 0 Å². The predicted molar refractivity (Wildman–Crippen MR) is 87.9 cm³/mol. The van der Waals surface area contributed by atoms with Crippen LogP contribution in [0.3, 0.4) is 0 Å². The van der Waals surface area contributed by atoms with Crippen molar-refractivity contribution in [1.82, 2.24) is 0 Å². The molecule has 0 fully saturated rings. The molecule has 0 unspecified atom stereocenters. The quantitative estimate of drug-likeness (QED) is 0.760. The van der Waals surface area contributed by atoms with E-state index in [0.717, 1.165) is 25.4 Å². The maximum Gasteiger partial charge on any atom is 0.155 e. The second-order valence-corrected chi connectivity index (χ2v) is 8.03. The van der Waals surface area contributed by atoms with Crippen LogP contribution in [-0.2, 0) is 5.60 Å². The van der Waals surface area contributed by atoms with Gasteiger partial charge in [0.05, 0.1) is 5.60 Å². The van der Waals surface area contributed by atoms with E-state index < -0.39 is 5.60 Å². The van der Waals surface area contributed by atoms with Gasteiger partial charge in [-0.1, -0.05) is 0 Å². The first kappa shape index (κ1) is 16.5. The maximum atomic E-state index is 13.4. The average Bonchev–Trinajstić information content (AvgIpc) is 2.60. The lowest BCUT2D eigenvalue weighted by atomic mass is 10.0. The fourth-order valence-corrected chi connectivity index (χ4v) is 4.15. The van der Waals surface area contributed by atoms with Gasteiger partial charge in [0.25, 0.3) is 0 Å². The fraction of sp³-hybridized carbons (Fsp3) is 0.375. The molecule has 0 aliphatic carbocycles. The molecular formula is C16H18BrFO2S. The van der Waals surface area contributed by atoms with E-state index in [2.05, 4.69) is 15.9 Å². The van der Waals surface area contributed by atoms with E-state index in [1.54, 1.807) is 13.8 Å². The van der Waals surface area contributed by atoms with Gasteiger partial charge in [-0.05, 0) is 73.8 Å². The Morgan fingerprint density at radius 2 is 1.67 bits per heavy atom. The Hall–Kier alpha value is -0.910. The number of aliphatic hydroxyl groups is 1. The van der Waals surface area contributed by atoms with Gasteiger partial charge in [-0.15, -0.1) is 11.3 Å². The van der Waals surface area contributed by atoms with E-state index in [1.807, 2.05) is 20.8 Å². The number of benzene rings is 1. The molecule has 0 spiro atoms. The molecule has 2 nitrogen and oxygen atoms in total. The third-order valence-corrected chi connectivity index (χ3v) is 5.46. The lowest BCUT2D eigenvalue weighted by Crippen LogP contribution is -2.14. The Kier molecular flexibility index (Phi) is 4.47. The second-order valence-electron chi connectivity index (χ2n) is 5.69. The van der Waals surface area contributed by atoms with Crippen molar-refractivity contribution in [3.8, 4) is 11.5 Å². The number of thiophene rings is 1. The summed E-state index contributed by atoms with van der Waals surface area (Å²) in [4.78, 5) is 0.849. The molecule has 0 saturated heterocycles. The molecule has 1 N–H and O–H groups in total. The van der Waals surface area contributed by atoms with Crippen LogP contribution < -0.4 is 4.74 Å². The number of hydrogen-bond donors (Lipinski definition) is 1. The first-order chi connectivity index (χ1) is 9.61. The summed E-state index contributed by atoms with van der Waals surface area (Å²) >= 11 is 4.94. The molecule has 0 atom stereocenters. The van der Waals surface area contributed by atoms with Crippen LogP contribution in [-0.4, -0.2) is 5.11 Å². The Balaban J connectivity index is 2.49. The monoisotopic (exact) mass is 372 g/mol. The molecule has 5 heteroatoms. The molecule has 0 amide bonds. The number of aryl methyl sites for hydroxylation is 2. The highest BCUT2D eigenvalue weighted by Gasteiger charge is 2.26. The molecule has 2 rings (SSSR count). The van der Waals surface area contributed by atoms with E-state index in [0.29, 0.717) is 11.5 Å². The topological polar surface area (TPSA) is 29.5 Å². The van der Waals surface area contributed by atoms with Gasteiger partial charge in [-0.3, -0.25) is 0 Å². The van der Waals surface area contributed by atoms with Crippen LogP contribution in [0, 0.1) is 26.6 Å². The van der Waals surface area contributed by atoms with Gasteiger partial charge in [0.2, 0.25) is 0 Å². The normalized spacial score (nSPS) is 11.8. The first-order valence-corrected chi connectivity index (χ1v) is 8.18. The largest absolute Gasteiger partial charge is 0.454 e. The summed E-state index contributed by atoms with van der Waals surface area (Å²) in [5.41, 5.74) is 1.46. The van der Waals surface area contributed by atoms with E-state index in [9.17, 15) is 9.50 Å². The molecule has 114 valence electrons. The van der Waals surface area contributed by atoms with Gasteiger partial charge in [0.1, 0.15) is 15.4 Å². The van der Waals surface area contributed by atoms with Crippen molar-refractivity contribution in [2.24, 2.45) is 0 Å². The van der Waals surface area contributed by atoms with Gasteiger partial charge in [-0.25, -0.2) is 4.39 Å². The number of ether oxygens (including phenoxy) is 1. The summed E-state index contributed by atoms with van der Waals surface area (Å²) in [6, 6.07) is 2.91. The van der Waals surface area contributed by atoms with Crippen LogP contribution in [0.4, 0.5) is 4.39 Å². The third-order valence-electron chi connectivity index (χ3n) is 3.24. The zero-order chi connectivity index (χ0) is 15.9. The van der Waals surface area contributed by atoms with Crippen LogP contribution in [0.15, 0.2) is 15.9 Å². The molecule has 21 heavy (non-hydrogen) atoms. The smallest absolute Gasteiger partial charge is 0.155 e. The van der Waals surface area contributed by atoms with Gasteiger partial charge in [-0.2, -0.15) is 0 Å². The van der Waals surface area contributed by atoms with Gasteiger partial charge >= 0.3 is 0 Å². The van der Waals surface area contributed by atoms with E-state index in [-0.39, 0.29) is 5.82 Å². The molecule has 0 aliphatic rings. The fourth-order valence-electron chi connectivity index (χ4n) is 2.32. The highest BCUT2D eigenvalue weighted by molar-refractivity contribution is 9.11. The lowest BCUT2D eigenvalue weighted by molar-refractivity contribution is 0.0818. The van der Waals surface area contributed by atoms with Gasteiger partial charge < -0.3 is 9.84 Å². The number of halogens is 2. The Labute approximate surface area is 136 Å².